The van der Waals surface area contributed by atoms with E-state index in [1.807, 2.05) is 55.2 Å². The minimum Gasteiger partial charge on any atom is -0.497 e. The quantitative estimate of drug-likeness (QED) is 0.568. The number of likely N-dealkylation sites (tertiary alicyclic amines) is 1. The molecular formula is C21H25NO5. The van der Waals surface area contributed by atoms with Crippen molar-refractivity contribution in [2.45, 2.75) is 38.0 Å². The van der Waals surface area contributed by atoms with Gasteiger partial charge in [0.1, 0.15) is 17.3 Å². The molecule has 27 heavy (non-hydrogen) atoms. The highest BCUT2D eigenvalue weighted by Crippen LogP contribution is 2.53. The Morgan fingerprint density at radius 2 is 2.11 bits per heavy atom. The summed E-state index contributed by atoms with van der Waals surface area (Å²) in [6.45, 7) is 4.77. The van der Waals surface area contributed by atoms with Gasteiger partial charge in [-0.15, -0.1) is 0 Å². The molecule has 2 saturated heterocycles. The van der Waals surface area contributed by atoms with Crippen LogP contribution in [0.4, 0.5) is 0 Å². The summed E-state index contributed by atoms with van der Waals surface area (Å²) in [5, 5.41) is 0. The van der Waals surface area contributed by atoms with Gasteiger partial charge in [-0.1, -0.05) is 31.2 Å². The largest absolute Gasteiger partial charge is 0.497 e. The number of ether oxygens (including phenoxy) is 3. The smallest absolute Gasteiger partial charge is 0.312 e. The van der Waals surface area contributed by atoms with Crippen molar-refractivity contribution in [3.05, 3.63) is 42.0 Å². The number of nitrogens with zero attached hydrogens (tertiary/aromatic N) is 1. The Hall–Kier alpha value is -2.34. The van der Waals surface area contributed by atoms with Crippen molar-refractivity contribution in [2.24, 2.45) is 11.8 Å². The van der Waals surface area contributed by atoms with Gasteiger partial charge in [0.05, 0.1) is 38.3 Å². The summed E-state index contributed by atoms with van der Waals surface area (Å²) in [6, 6.07) is 7.58. The molecule has 2 bridgehead atoms. The molecule has 1 spiro atoms. The predicted octanol–water partition coefficient (Wildman–Crippen LogP) is 2.49. The fourth-order valence-electron chi connectivity index (χ4n) is 4.49. The summed E-state index contributed by atoms with van der Waals surface area (Å²) >= 11 is 0. The van der Waals surface area contributed by atoms with Crippen molar-refractivity contribution in [3.8, 4) is 5.75 Å². The number of hydrogen-bond donors (Lipinski definition) is 0. The van der Waals surface area contributed by atoms with E-state index in [4.69, 9.17) is 14.2 Å². The van der Waals surface area contributed by atoms with Gasteiger partial charge in [0.25, 0.3) is 0 Å². The van der Waals surface area contributed by atoms with Gasteiger partial charge >= 0.3 is 5.97 Å². The third kappa shape index (κ3) is 2.74. The van der Waals surface area contributed by atoms with Crippen molar-refractivity contribution in [2.75, 3.05) is 20.3 Å². The number of carbonyl (C=O) groups is 2. The lowest BCUT2D eigenvalue weighted by molar-refractivity contribution is -0.154. The number of carbonyl (C=O) groups excluding carboxylic acids is 2. The van der Waals surface area contributed by atoms with Crippen LogP contribution in [0.15, 0.2) is 36.4 Å². The maximum Gasteiger partial charge on any atom is 0.312 e. The van der Waals surface area contributed by atoms with Crippen molar-refractivity contribution in [1.29, 1.82) is 0 Å². The Morgan fingerprint density at radius 3 is 2.78 bits per heavy atom. The van der Waals surface area contributed by atoms with E-state index in [0.29, 0.717) is 13.2 Å². The van der Waals surface area contributed by atoms with Crippen LogP contribution in [0, 0.1) is 11.8 Å². The topological polar surface area (TPSA) is 65.1 Å². The molecule has 1 aromatic carbocycles. The van der Waals surface area contributed by atoms with Gasteiger partial charge in [-0.3, -0.25) is 9.59 Å². The number of hydrogen-bond acceptors (Lipinski definition) is 5. The molecule has 5 atom stereocenters. The average molecular weight is 371 g/mol. The standard InChI is InChI=1S/C21H25NO5/c1-4-11-26-20(24)17-16-9-10-21(27-16)12-22(19(23)18(17)21)13(2)14-5-7-15(25-3)8-6-14/h5-10,13,16-18H,4,11-12H2,1-3H3/t13-,16+,17+,18+,21-/m1/s1. The molecule has 0 saturated carbocycles. The summed E-state index contributed by atoms with van der Waals surface area (Å²) < 4.78 is 16.7. The van der Waals surface area contributed by atoms with Crippen LogP contribution in [0.1, 0.15) is 31.9 Å². The fraction of sp³-hybridized carbons (Fsp3) is 0.524. The Kier molecular flexibility index (Phi) is 4.46. The molecule has 0 radical (unpaired) electrons. The second-order valence-electron chi connectivity index (χ2n) is 7.48. The normalized spacial score (nSPS) is 31.9. The maximum absolute atomic E-state index is 13.3. The van der Waals surface area contributed by atoms with E-state index in [0.717, 1.165) is 17.7 Å². The van der Waals surface area contributed by atoms with Crippen LogP contribution in [0.3, 0.4) is 0 Å². The molecule has 2 fully saturated rings. The van der Waals surface area contributed by atoms with Gasteiger partial charge in [-0.05, 0) is 31.0 Å². The third-order valence-electron chi connectivity index (χ3n) is 5.92. The molecule has 3 aliphatic rings. The average Bonchev–Trinajstić information content (AvgIpc) is 3.34. The molecule has 6 nitrogen and oxygen atoms in total. The number of fused-ring (bicyclic) bond motifs is 1. The molecule has 1 aromatic rings. The van der Waals surface area contributed by atoms with E-state index in [1.165, 1.54) is 0 Å². The van der Waals surface area contributed by atoms with Crippen LogP contribution in [0.25, 0.3) is 0 Å². The molecule has 6 heteroatoms. The highest BCUT2D eigenvalue weighted by Gasteiger charge is 2.67. The van der Waals surface area contributed by atoms with Crippen LogP contribution in [-0.2, 0) is 19.1 Å². The van der Waals surface area contributed by atoms with Gasteiger partial charge < -0.3 is 19.1 Å². The molecule has 0 N–H and O–H groups in total. The SMILES string of the molecule is CCCOC(=O)[C@H]1[C@@H]2C=C[C@]3(CN([C@H](C)c4ccc(OC)cc4)C(=O)[C@H]13)O2. The number of methoxy groups -OCH3 is 1. The minimum atomic E-state index is -0.710. The Bertz CT molecular complexity index is 773. The summed E-state index contributed by atoms with van der Waals surface area (Å²) in [7, 11) is 1.63. The molecule has 0 unspecified atom stereocenters. The maximum atomic E-state index is 13.3. The summed E-state index contributed by atoms with van der Waals surface area (Å²) in [5.41, 5.74) is 0.308. The number of rotatable bonds is 6. The Balaban J connectivity index is 1.57. The first-order valence-corrected chi connectivity index (χ1v) is 9.49. The molecule has 4 rings (SSSR count). The van der Waals surface area contributed by atoms with Gasteiger partial charge in [0.2, 0.25) is 5.91 Å². The second-order valence-corrected chi connectivity index (χ2v) is 7.48. The van der Waals surface area contributed by atoms with Crippen LogP contribution in [-0.4, -0.2) is 48.7 Å². The Morgan fingerprint density at radius 1 is 1.37 bits per heavy atom. The number of benzene rings is 1. The number of amides is 1. The van der Waals surface area contributed by atoms with Crippen molar-refractivity contribution in [3.63, 3.8) is 0 Å². The van der Waals surface area contributed by atoms with E-state index >= 15 is 0 Å². The summed E-state index contributed by atoms with van der Waals surface area (Å²) in [4.78, 5) is 27.7. The van der Waals surface area contributed by atoms with E-state index in [2.05, 4.69) is 0 Å². The lowest BCUT2D eigenvalue weighted by Crippen LogP contribution is -2.40. The van der Waals surface area contributed by atoms with Crippen LogP contribution >= 0.6 is 0 Å². The predicted molar refractivity (Wildman–Crippen MR) is 98.1 cm³/mol. The van der Waals surface area contributed by atoms with E-state index in [9.17, 15) is 9.59 Å². The van der Waals surface area contributed by atoms with E-state index < -0.39 is 17.4 Å². The molecule has 0 aliphatic carbocycles. The zero-order valence-corrected chi connectivity index (χ0v) is 15.9. The second kappa shape index (κ2) is 6.68. The third-order valence-corrected chi connectivity index (χ3v) is 5.92. The van der Waals surface area contributed by atoms with Crippen molar-refractivity contribution in [1.82, 2.24) is 4.90 Å². The Labute approximate surface area is 159 Å². The monoisotopic (exact) mass is 371 g/mol. The van der Waals surface area contributed by atoms with Crippen LogP contribution in [0.2, 0.25) is 0 Å². The summed E-state index contributed by atoms with van der Waals surface area (Å²) in [5.74, 6) is -0.647. The fourth-order valence-corrected chi connectivity index (χ4v) is 4.49. The van der Waals surface area contributed by atoms with Gasteiger partial charge in [-0.2, -0.15) is 0 Å². The van der Waals surface area contributed by atoms with Gasteiger partial charge in [-0.25, -0.2) is 0 Å². The molecule has 144 valence electrons. The van der Waals surface area contributed by atoms with Crippen LogP contribution < -0.4 is 4.74 Å². The van der Waals surface area contributed by atoms with Gasteiger partial charge in [0.15, 0.2) is 0 Å². The van der Waals surface area contributed by atoms with E-state index in [1.54, 1.807) is 7.11 Å². The first-order valence-electron chi connectivity index (χ1n) is 9.49. The molecular weight excluding hydrogens is 346 g/mol. The zero-order chi connectivity index (χ0) is 19.2. The molecule has 0 aromatic heterocycles. The highest BCUT2D eigenvalue weighted by atomic mass is 16.6. The number of esters is 1. The first-order chi connectivity index (χ1) is 13.0. The van der Waals surface area contributed by atoms with E-state index in [-0.39, 0.29) is 24.0 Å². The lowest BCUT2D eigenvalue weighted by atomic mass is 9.77. The highest BCUT2D eigenvalue weighted by molar-refractivity contribution is 5.91. The molecule has 3 aliphatic heterocycles. The van der Waals surface area contributed by atoms with Crippen LogP contribution in [0.5, 0.6) is 5.75 Å². The summed E-state index contributed by atoms with van der Waals surface area (Å²) in [6.07, 6.45) is 4.26. The van der Waals surface area contributed by atoms with Crippen molar-refractivity contribution < 1.29 is 23.8 Å². The van der Waals surface area contributed by atoms with Crippen molar-refractivity contribution >= 4 is 11.9 Å². The minimum absolute atomic E-state index is 0.0383. The first kappa shape index (κ1) is 18.0. The molecule has 3 heterocycles. The van der Waals surface area contributed by atoms with Gasteiger partial charge in [0, 0.05) is 0 Å². The lowest BCUT2D eigenvalue weighted by Gasteiger charge is -2.27. The zero-order valence-electron chi connectivity index (χ0n) is 15.9. The molecule has 1 amide bonds.